The van der Waals surface area contributed by atoms with Crippen molar-refractivity contribution in [1.82, 2.24) is 9.62 Å². The Balaban J connectivity index is 1.98. The molecule has 1 amide bonds. The number of hydrogen-bond donors (Lipinski definition) is 2. The summed E-state index contributed by atoms with van der Waals surface area (Å²) in [5.41, 5.74) is -0.833. The number of carboxylic acids is 1. The maximum absolute atomic E-state index is 12.1. The highest BCUT2D eigenvalue weighted by Gasteiger charge is 2.50. The summed E-state index contributed by atoms with van der Waals surface area (Å²) in [6.45, 7) is 0.427. The fraction of sp³-hybridized carbons (Fsp3) is 0.833. The van der Waals surface area contributed by atoms with E-state index in [0.717, 1.165) is 19.1 Å². The topological polar surface area (TPSA) is 104 Å². The van der Waals surface area contributed by atoms with Gasteiger partial charge in [-0.2, -0.15) is 4.31 Å². The predicted octanol–water partition coefficient (Wildman–Crippen LogP) is -0.218. The average Bonchev–Trinajstić information content (AvgIpc) is 3.16. The molecule has 1 unspecified atom stereocenters. The largest absolute Gasteiger partial charge is 0.481 e. The van der Waals surface area contributed by atoms with Gasteiger partial charge in [0.2, 0.25) is 15.9 Å². The second-order valence-corrected chi connectivity index (χ2v) is 7.62. The summed E-state index contributed by atoms with van der Waals surface area (Å²) in [7, 11) is -3.42. The Kier molecular flexibility index (Phi) is 4.06. The lowest BCUT2D eigenvalue weighted by Crippen LogP contribution is -2.52. The van der Waals surface area contributed by atoms with Gasteiger partial charge in [0.15, 0.2) is 0 Å². The predicted molar refractivity (Wildman–Crippen MR) is 71.5 cm³/mol. The molecule has 7 nitrogen and oxygen atoms in total. The van der Waals surface area contributed by atoms with Gasteiger partial charge >= 0.3 is 5.97 Å². The number of carbonyl (C=O) groups is 2. The summed E-state index contributed by atoms with van der Waals surface area (Å²) in [5, 5.41) is 11.7. The van der Waals surface area contributed by atoms with Crippen molar-refractivity contribution in [3.63, 3.8) is 0 Å². The number of carboxylic acid groups (broad SMARTS) is 1. The molecule has 0 spiro atoms. The van der Waals surface area contributed by atoms with Gasteiger partial charge in [-0.15, -0.1) is 0 Å². The fourth-order valence-electron chi connectivity index (χ4n) is 2.56. The standard InChI is InChI=1S/C12H20N2O5S/c1-20(18,19)14-7-3-2-4-9(14)10(15)13-8-12(5-6-12)11(16)17/h9H,2-8H2,1H3,(H,13,15)(H,16,17). The van der Waals surface area contributed by atoms with Gasteiger partial charge in [-0.05, 0) is 25.7 Å². The Morgan fingerprint density at radius 2 is 2.00 bits per heavy atom. The zero-order valence-corrected chi connectivity index (χ0v) is 12.3. The van der Waals surface area contributed by atoms with E-state index in [-0.39, 0.29) is 12.5 Å². The monoisotopic (exact) mass is 304 g/mol. The minimum absolute atomic E-state index is 0.0786. The minimum Gasteiger partial charge on any atom is -0.481 e. The molecule has 2 aliphatic rings. The van der Waals surface area contributed by atoms with Crippen molar-refractivity contribution in [2.45, 2.75) is 38.1 Å². The van der Waals surface area contributed by atoms with Crippen LogP contribution in [-0.2, 0) is 19.6 Å². The molecule has 114 valence electrons. The molecule has 1 aliphatic heterocycles. The van der Waals surface area contributed by atoms with Gasteiger partial charge < -0.3 is 10.4 Å². The van der Waals surface area contributed by atoms with Gasteiger partial charge in [0, 0.05) is 13.1 Å². The van der Waals surface area contributed by atoms with E-state index in [0.29, 0.717) is 25.8 Å². The summed E-state index contributed by atoms with van der Waals surface area (Å²) in [6.07, 6.45) is 4.24. The van der Waals surface area contributed by atoms with Crippen molar-refractivity contribution in [1.29, 1.82) is 0 Å². The molecular weight excluding hydrogens is 284 g/mol. The van der Waals surface area contributed by atoms with Crippen molar-refractivity contribution in [3.8, 4) is 0 Å². The Morgan fingerprint density at radius 3 is 2.50 bits per heavy atom. The molecule has 1 saturated carbocycles. The first kappa shape index (κ1) is 15.2. The third-order valence-corrected chi connectivity index (χ3v) is 5.38. The zero-order chi connectivity index (χ0) is 15.0. The highest BCUT2D eigenvalue weighted by Crippen LogP contribution is 2.45. The number of piperidine rings is 1. The number of aliphatic carboxylic acids is 1. The molecule has 1 heterocycles. The molecule has 2 N–H and O–H groups in total. The van der Waals surface area contributed by atoms with Gasteiger partial charge in [-0.25, -0.2) is 8.42 Å². The summed E-state index contributed by atoms with van der Waals surface area (Å²) >= 11 is 0. The van der Waals surface area contributed by atoms with Crippen LogP contribution in [-0.4, -0.2) is 55.1 Å². The van der Waals surface area contributed by atoms with Crippen LogP contribution >= 0.6 is 0 Å². The first-order valence-electron chi connectivity index (χ1n) is 6.74. The smallest absolute Gasteiger partial charge is 0.311 e. The molecule has 20 heavy (non-hydrogen) atoms. The van der Waals surface area contributed by atoms with Crippen molar-refractivity contribution in [3.05, 3.63) is 0 Å². The van der Waals surface area contributed by atoms with Gasteiger partial charge in [0.25, 0.3) is 0 Å². The number of amides is 1. The number of nitrogens with zero attached hydrogens (tertiary/aromatic N) is 1. The molecule has 0 radical (unpaired) electrons. The maximum atomic E-state index is 12.1. The van der Waals surface area contributed by atoms with E-state index in [4.69, 9.17) is 5.11 Å². The quantitative estimate of drug-likeness (QED) is 0.731. The molecule has 1 atom stereocenters. The molecule has 2 rings (SSSR count). The van der Waals surface area contributed by atoms with Crippen LogP contribution in [0.4, 0.5) is 0 Å². The molecule has 1 saturated heterocycles. The van der Waals surface area contributed by atoms with Gasteiger partial charge in [-0.3, -0.25) is 9.59 Å². The second-order valence-electron chi connectivity index (χ2n) is 5.69. The van der Waals surface area contributed by atoms with Gasteiger partial charge in [0.1, 0.15) is 6.04 Å². The van der Waals surface area contributed by atoms with E-state index in [1.807, 2.05) is 0 Å². The molecule has 0 aromatic heterocycles. The number of sulfonamides is 1. The van der Waals surface area contributed by atoms with Crippen LogP contribution in [0.15, 0.2) is 0 Å². The zero-order valence-electron chi connectivity index (χ0n) is 11.5. The van der Waals surface area contributed by atoms with E-state index < -0.39 is 27.4 Å². The number of carbonyl (C=O) groups excluding carboxylic acids is 1. The Bertz CT molecular complexity index is 512. The molecule has 8 heteroatoms. The van der Waals surface area contributed by atoms with Crippen molar-refractivity contribution in [2.24, 2.45) is 5.41 Å². The summed E-state index contributed by atoms with van der Waals surface area (Å²) < 4.78 is 24.6. The Labute approximate surface area is 118 Å². The molecule has 1 aliphatic carbocycles. The molecule has 0 aromatic rings. The lowest BCUT2D eigenvalue weighted by atomic mass is 10.0. The first-order valence-corrected chi connectivity index (χ1v) is 8.59. The lowest BCUT2D eigenvalue weighted by molar-refractivity contribution is -0.143. The van der Waals surface area contributed by atoms with E-state index in [9.17, 15) is 18.0 Å². The third-order valence-electron chi connectivity index (χ3n) is 4.09. The van der Waals surface area contributed by atoms with Crippen LogP contribution < -0.4 is 5.32 Å². The van der Waals surface area contributed by atoms with E-state index in [1.165, 1.54) is 4.31 Å². The van der Waals surface area contributed by atoms with Crippen LogP contribution in [0, 0.1) is 5.41 Å². The summed E-state index contributed by atoms with van der Waals surface area (Å²) in [6, 6.07) is -0.705. The maximum Gasteiger partial charge on any atom is 0.311 e. The van der Waals surface area contributed by atoms with Crippen LogP contribution in [0.3, 0.4) is 0 Å². The van der Waals surface area contributed by atoms with Crippen LogP contribution in [0.1, 0.15) is 32.1 Å². The second kappa shape index (κ2) is 5.33. The van der Waals surface area contributed by atoms with E-state index in [1.54, 1.807) is 0 Å². The Hall–Kier alpha value is -1.15. The van der Waals surface area contributed by atoms with Gasteiger partial charge in [-0.1, -0.05) is 6.42 Å². The Morgan fingerprint density at radius 1 is 1.35 bits per heavy atom. The van der Waals surface area contributed by atoms with Gasteiger partial charge in [0.05, 0.1) is 11.7 Å². The molecule has 2 fully saturated rings. The number of nitrogens with one attached hydrogen (secondary N) is 1. The highest BCUT2D eigenvalue weighted by molar-refractivity contribution is 7.88. The van der Waals surface area contributed by atoms with Crippen molar-refractivity contribution in [2.75, 3.05) is 19.3 Å². The highest BCUT2D eigenvalue weighted by atomic mass is 32.2. The van der Waals surface area contributed by atoms with Crippen LogP contribution in [0.2, 0.25) is 0 Å². The minimum atomic E-state index is -3.42. The van der Waals surface area contributed by atoms with Crippen molar-refractivity contribution >= 4 is 21.9 Å². The molecule has 0 bridgehead atoms. The normalized spacial score (nSPS) is 25.9. The molecular formula is C12H20N2O5S. The summed E-state index contributed by atoms with van der Waals surface area (Å²) in [4.78, 5) is 23.2. The first-order chi connectivity index (χ1) is 9.26. The van der Waals surface area contributed by atoms with Crippen LogP contribution in [0.5, 0.6) is 0 Å². The van der Waals surface area contributed by atoms with Crippen LogP contribution in [0.25, 0.3) is 0 Å². The molecule has 0 aromatic carbocycles. The fourth-order valence-corrected chi connectivity index (χ4v) is 3.68. The van der Waals surface area contributed by atoms with E-state index >= 15 is 0 Å². The average molecular weight is 304 g/mol. The van der Waals surface area contributed by atoms with E-state index in [2.05, 4.69) is 5.32 Å². The van der Waals surface area contributed by atoms with Crippen molar-refractivity contribution < 1.29 is 23.1 Å². The number of rotatable bonds is 5. The number of hydrogen-bond acceptors (Lipinski definition) is 4. The SMILES string of the molecule is CS(=O)(=O)N1CCCCC1C(=O)NCC1(C(=O)O)CC1. The lowest BCUT2D eigenvalue weighted by Gasteiger charge is -2.32. The third kappa shape index (κ3) is 3.12. The summed E-state index contributed by atoms with van der Waals surface area (Å²) in [5.74, 6) is -1.29.